The summed E-state index contributed by atoms with van der Waals surface area (Å²) in [5.41, 5.74) is 0.590. The van der Waals surface area contributed by atoms with Crippen LogP contribution in [-0.2, 0) is 0 Å². The zero-order valence-electron chi connectivity index (χ0n) is 9.88. The fourth-order valence-corrected chi connectivity index (χ4v) is 1.84. The van der Waals surface area contributed by atoms with E-state index < -0.39 is 11.9 Å². The van der Waals surface area contributed by atoms with Gasteiger partial charge in [0.15, 0.2) is 5.76 Å². The molecule has 2 rings (SSSR count). The number of amides is 1. The molecule has 1 aromatic carbocycles. The lowest BCUT2D eigenvalue weighted by Gasteiger charge is -2.05. The lowest BCUT2D eigenvalue weighted by atomic mass is 10.2. The van der Waals surface area contributed by atoms with E-state index in [-0.39, 0.29) is 17.1 Å². The van der Waals surface area contributed by atoms with Gasteiger partial charge in [-0.05, 0) is 30.3 Å². The predicted molar refractivity (Wildman–Crippen MR) is 72.5 cm³/mol. The molecule has 2 N–H and O–H groups in total. The van der Waals surface area contributed by atoms with E-state index >= 15 is 0 Å². The number of nitrogens with zero attached hydrogens (tertiary/aromatic N) is 1. The Hall–Kier alpha value is -2.59. The standard InChI is InChI=1S/C13H7BrN2O4/c14-8-1-2-9(7(5-8)6-15)16-12(17)10-3-4-11(20-10)13(18)19/h1-5H,(H,16,17)(H,18,19). The van der Waals surface area contributed by atoms with E-state index in [0.29, 0.717) is 10.2 Å². The lowest BCUT2D eigenvalue weighted by molar-refractivity contribution is 0.0660. The largest absolute Gasteiger partial charge is 0.475 e. The van der Waals surface area contributed by atoms with E-state index in [1.807, 2.05) is 6.07 Å². The van der Waals surface area contributed by atoms with Gasteiger partial charge in [0.05, 0.1) is 11.3 Å². The van der Waals surface area contributed by atoms with Crippen LogP contribution in [0.3, 0.4) is 0 Å². The average Bonchev–Trinajstić information content (AvgIpc) is 2.90. The van der Waals surface area contributed by atoms with Crippen LogP contribution in [0.4, 0.5) is 5.69 Å². The van der Waals surface area contributed by atoms with Crippen molar-refractivity contribution in [1.82, 2.24) is 0 Å². The summed E-state index contributed by atoms with van der Waals surface area (Å²) in [4.78, 5) is 22.5. The quantitative estimate of drug-likeness (QED) is 0.898. The number of carboxylic acids is 1. The van der Waals surface area contributed by atoms with Gasteiger partial charge in [-0.3, -0.25) is 4.79 Å². The third kappa shape index (κ3) is 2.87. The number of carboxylic acid groups (broad SMARTS) is 1. The minimum atomic E-state index is -1.26. The second-order valence-electron chi connectivity index (χ2n) is 3.72. The zero-order valence-corrected chi connectivity index (χ0v) is 11.5. The molecule has 0 spiro atoms. The smallest absolute Gasteiger partial charge is 0.371 e. The predicted octanol–water partition coefficient (Wildman–Crippen LogP) is 2.86. The van der Waals surface area contributed by atoms with E-state index in [9.17, 15) is 9.59 Å². The number of nitrogens with one attached hydrogen (secondary N) is 1. The molecule has 0 bridgehead atoms. The second kappa shape index (κ2) is 5.59. The molecule has 7 heteroatoms. The number of hydrogen-bond donors (Lipinski definition) is 2. The first kappa shape index (κ1) is 13.8. The van der Waals surface area contributed by atoms with Crippen molar-refractivity contribution < 1.29 is 19.1 Å². The van der Waals surface area contributed by atoms with Gasteiger partial charge in [0.25, 0.3) is 5.91 Å². The molecule has 100 valence electrons. The van der Waals surface area contributed by atoms with Gasteiger partial charge in [0, 0.05) is 4.47 Å². The molecule has 6 nitrogen and oxygen atoms in total. The van der Waals surface area contributed by atoms with Gasteiger partial charge in [-0.25, -0.2) is 4.79 Å². The van der Waals surface area contributed by atoms with E-state index in [2.05, 4.69) is 21.2 Å². The van der Waals surface area contributed by atoms with Crippen molar-refractivity contribution >= 4 is 33.5 Å². The summed E-state index contributed by atoms with van der Waals surface area (Å²) in [6.07, 6.45) is 0. The number of anilines is 1. The van der Waals surface area contributed by atoms with Gasteiger partial charge in [-0.2, -0.15) is 5.26 Å². The van der Waals surface area contributed by atoms with Gasteiger partial charge in [-0.1, -0.05) is 15.9 Å². The van der Waals surface area contributed by atoms with Gasteiger partial charge >= 0.3 is 5.97 Å². The molecule has 0 radical (unpaired) electrons. The highest BCUT2D eigenvalue weighted by Crippen LogP contribution is 2.21. The zero-order chi connectivity index (χ0) is 14.7. The van der Waals surface area contributed by atoms with Crippen molar-refractivity contribution in [2.45, 2.75) is 0 Å². The van der Waals surface area contributed by atoms with Crippen LogP contribution in [0.2, 0.25) is 0 Å². The maximum atomic E-state index is 11.9. The minimum absolute atomic E-state index is 0.144. The summed E-state index contributed by atoms with van der Waals surface area (Å²) in [6, 6.07) is 9.17. The summed E-state index contributed by atoms with van der Waals surface area (Å²) in [5.74, 6) is -2.36. The van der Waals surface area contributed by atoms with Crippen LogP contribution in [0.5, 0.6) is 0 Å². The number of aromatic carboxylic acids is 1. The molecule has 0 saturated heterocycles. The van der Waals surface area contributed by atoms with Crippen LogP contribution in [0.1, 0.15) is 26.7 Å². The van der Waals surface area contributed by atoms with Crippen LogP contribution >= 0.6 is 15.9 Å². The van der Waals surface area contributed by atoms with Crippen molar-refractivity contribution in [3.8, 4) is 6.07 Å². The van der Waals surface area contributed by atoms with E-state index in [1.54, 1.807) is 18.2 Å². The Bertz CT molecular complexity index is 730. The monoisotopic (exact) mass is 334 g/mol. The third-order valence-electron chi connectivity index (χ3n) is 2.39. The van der Waals surface area contributed by atoms with Crippen molar-refractivity contribution in [3.63, 3.8) is 0 Å². The van der Waals surface area contributed by atoms with Crippen LogP contribution in [-0.4, -0.2) is 17.0 Å². The first-order chi connectivity index (χ1) is 9.51. The van der Waals surface area contributed by atoms with Crippen LogP contribution in [0.15, 0.2) is 39.2 Å². The van der Waals surface area contributed by atoms with Crippen LogP contribution in [0.25, 0.3) is 0 Å². The Labute approximate surface area is 121 Å². The Morgan fingerprint density at radius 1 is 1.25 bits per heavy atom. The number of hydrogen-bond acceptors (Lipinski definition) is 4. The first-order valence-corrected chi connectivity index (χ1v) is 6.14. The summed E-state index contributed by atoms with van der Waals surface area (Å²) in [6.45, 7) is 0. The normalized spacial score (nSPS) is 9.80. The van der Waals surface area contributed by atoms with Gasteiger partial charge in [0.2, 0.25) is 5.76 Å². The van der Waals surface area contributed by atoms with E-state index in [4.69, 9.17) is 14.8 Å². The molecule has 0 aliphatic heterocycles. The molecular formula is C13H7BrN2O4. The summed E-state index contributed by atoms with van der Waals surface area (Å²) in [7, 11) is 0. The van der Waals surface area contributed by atoms with Crippen LogP contribution < -0.4 is 5.32 Å². The minimum Gasteiger partial charge on any atom is -0.475 e. The van der Waals surface area contributed by atoms with Gasteiger partial charge < -0.3 is 14.8 Å². The number of rotatable bonds is 3. The van der Waals surface area contributed by atoms with Crippen LogP contribution in [0, 0.1) is 11.3 Å². The van der Waals surface area contributed by atoms with Crippen molar-refractivity contribution in [1.29, 1.82) is 5.26 Å². The van der Waals surface area contributed by atoms with Gasteiger partial charge in [-0.15, -0.1) is 0 Å². The lowest BCUT2D eigenvalue weighted by Crippen LogP contribution is -2.12. The Morgan fingerprint density at radius 2 is 1.95 bits per heavy atom. The maximum absolute atomic E-state index is 11.9. The fraction of sp³-hybridized carbons (Fsp3) is 0. The average molecular weight is 335 g/mol. The molecule has 1 heterocycles. The Morgan fingerprint density at radius 3 is 2.55 bits per heavy atom. The number of carbonyl (C=O) groups is 2. The molecule has 0 saturated carbocycles. The second-order valence-corrected chi connectivity index (χ2v) is 4.64. The highest BCUT2D eigenvalue weighted by Gasteiger charge is 2.16. The molecule has 0 aliphatic rings. The highest BCUT2D eigenvalue weighted by molar-refractivity contribution is 9.10. The SMILES string of the molecule is N#Cc1cc(Br)ccc1NC(=O)c1ccc(C(=O)O)o1. The fourth-order valence-electron chi connectivity index (χ4n) is 1.48. The first-order valence-electron chi connectivity index (χ1n) is 5.35. The molecule has 0 atom stereocenters. The molecule has 1 aromatic heterocycles. The van der Waals surface area contributed by atoms with E-state index in [0.717, 1.165) is 0 Å². The molecule has 0 unspecified atom stereocenters. The number of halogens is 1. The number of carbonyl (C=O) groups excluding carboxylic acids is 1. The molecule has 0 fully saturated rings. The molecule has 2 aromatic rings. The Balaban J connectivity index is 2.23. The Kier molecular flexibility index (Phi) is 3.86. The van der Waals surface area contributed by atoms with E-state index in [1.165, 1.54) is 12.1 Å². The number of nitriles is 1. The van der Waals surface area contributed by atoms with Crippen molar-refractivity contribution in [3.05, 3.63) is 51.9 Å². The highest BCUT2D eigenvalue weighted by atomic mass is 79.9. The number of furan rings is 1. The molecule has 0 aliphatic carbocycles. The van der Waals surface area contributed by atoms with Gasteiger partial charge in [0.1, 0.15) is 6.07 Å². The molecule has 1 amide bonds. The molecular weight excluding hydrogens is 328 g/mol. The summed E-state index contributed by atoms with van der Waals surface area (Å²) >= 11 is 3.22. The summed E-state index contributed by atoms with van der Waals surface area (Å²) < 4.78 is 5.58. The van der Waals surface area contributed by atoms with Crippen molar-refractivity contribution in [2.24, 2.45) is 0 Å². The summed E-state index contributed by atoms with van der Waals surface area (Å²) in [5, 5.41) is 20.2. The molecule has 20 heavy (non-hydrogen) atoms. The third-order valence-corrected chi connectivity index (χ3v) is 2.88. The topological polar surface area (TPSA) is 103 Å². The van der Waals surface area contributed by atoms with Crippen molar-refractivity contribution in [2.75, 3.05) is 5.32 Å². The maximum Gasteiger partial charge on any atom is 0.371 e. The number of benzene rings is 1.